The molecule has 0 aromatic heterocycles. The molecular weight excluding hydrogens is 320 g/mol. The van der Waals surface area contributed by atoms with Crippen LogP contribution in [0.1, 0.15) is 31.4 Å². The Morgan fingerprint density at radius 2 is 2.00 bits per heavy atom. The molecule has 1 aromatic carbocycles. The highest BCUT2D eigenvalue weighted by Crippen LogP contribution is 2.45. The second-order valence-electron chi connectivity index (χ2n) is 6.12. The molecule has 1 aromatic rings. The molecule has 1 amide bonds. The lowest BCUT2D eigenvalue weighted by Gasteiger charge is -2.08. The van der Waals surface area contributed by atoms with Gasteiger partial charge in [-0.25, -0.2) is 0 Å². The summed E-state index contributed by atoms with van der Waals surface area (Å²) in [5, 5.41) is 3.02. The third-order valence-electron chi connectivity index (χ3n) is 4.37. The van der Waals surface area contributed by atoms with Gasteiger partial charge in [-0.3, -0.25) is 9.79 Å². The van der Waals surface area contributed by atoms with Gasteiger partial charge in [0.1, 0.15) is 0 Å². The van der Waals surface area contributed by atoms with Crippen molar-refractivity contribution >= 4 is 23.9 Å². The van der Waals surface area contributed by atoms with E-state index in [4.69, 9.17) is 0 Å². The summed E-state index contributed by atoms with van der Waals surface area (Å²) in [7, 11) is 0. The Kier molecular flexibility index (Phi) is 7.10. The van der Waals surface area contributed by atoms with Gasteiger partial charge < -0.3 is 5.32 Å². The lowest BCUT2D eigenvalue weighted by atomic mass is 10.1. The summed E-state index contributed by atoms with van der Waals surface area (Å²) in [5.41, 5.74) is 3.85. The van der Waals surface area contributed by atoms with Crippen molar-refractivity contribution < 1.29 is 4.79 Å². The van der Waals surface area contributed by atoms with Crippen molar-refractivity contribution in [3.63, 3.8) is 0 Å². The molecule has 0 heterocycles. The summed E-state index contributed by atoms with van der Waals surface area (Å²) in [5.74, 6) is 0.404. The number of aliphatic imine (C=N–C) groups is 1. The van der Waals surface area contributed by atoms with E-state index >= 15 is 0 Å². The molecular formula is C23H26N2O. The van der Waals surface area contributed by atoms with Crippen LogP contribution in [0.3, 0.4) is 0 Å². The monoisotopic (exact) mass is 346 g/mol. The summed E-state index contributed by atoms with van der Waals surface area (Å²) >= 11 is 0. The first-order chi connectivity index (χ1) is 12.6. The second-order valence-corrected chi connectivity index (χ2v) is 6.12. The zero-order valence-electron chi connectivity index (χ0n) is 15.5. The Morgan fingerprint density at radius 3 is 2.65 bits per heavy atom. The van der Waals surface area contributed by atoms with E-state index < -0.39 is 0 Å². The molecule has 2 atom stereocenters. The molecule has 26 heavy (non-hydrogen) atoms. The fourth-order valence-corrected chi connectivity index (χ4v) is 2.88. The minimum Gasteiger partial charge on any atom is -0.326 e. The summed E-state index contributed by atoms with van der Waals surface area (Å²) in [6, 6.07) is 5.71. The van der Waals surface area contributed by atoms with Gasteiger partial charge in [0.2, 0.25) is 5.91 Å². The van der Waals surface area contributed by atoms with E-state index in [2.05, 4.69) is 35.6 Å². The number of carbonyl (C=O) groups is 1. The van der Waals surface area contributed by atoms with Crippen LogP contribution in [-0.2, 0) is 4.79 Å². The van der Waals surface area contributed by atoms with E-state index in [-0.39, 0.29) is 11.8 Å². The van der Waals surface area contributed by atoms with Gasteiger partial charge in [-0.05, 0) is 49.5 Å². The molecule has 134 valence electrons. The van der Waals surface area contributed by atoms with Crippen molar-refractivity contribution in [2.24, 2.45) is 16.8 Å². The molecule has 0 aliphatic heterocycles. The Balaban J connectivity index is 2.03. The molecule has 0 unspecified atom stereocenters. The van der Waals surface area contributed by atoms with Gasteiger partial charge in [0.25, 0.3) is 0 Å². The lowest BCUT2D eigenvalue weighted by Crippen LogP contribution is -2.15. The minimum atomic E-state index is 0.0330. The molecule has 1 fully saturated rings. The highest BCUT2D eigenvalue weighted by molar-refractivity contribution is 5.96. The first-order valence-electron chi connectivity index (χ1n) is 8.81. The molecule has 0 spiro atoms. The number of nitrogens with zero attached hydrogens (tertiary/aromatic N) is 1. The predicted molar refractivity (Wildman–Crippen MR) is 112 cm³/mol. The Hall–Kier alpha value is -2.94. The number of benzene rings is 1. The first-order valence-corrected chi connectivity index (χ1v) is 8.81. The maximum atomic E-state index is 12.6. The topological polar surface area (TPSA) is 41.5 Å². The van der Waals surface area contributed by atoms with Crippen LogP contribution in [0.4, 0.5) is 5.69 Å². The standard InChI is InChI=1S/C23H26N2O/c1-5-9-10-11-17(6-2)21-15-22(21)23(26)25-20-13-12-19(16-24-8-4)18(7-3)14-20/h5-14,16,21-22H,3-4,15H2,1-2H3,(H,25,26)/b9-5-,11-10-,17-6+,24-16-/t21-,22+/m0/s1. The zero-order chi connectivity index (χ0) is 18.9. The quantitative estimate of drug-likeness (QED) is 0.487. The number of rotatable bonds is 8. The van der Waals surface area contributed by atoms with E-state index in [1.807, 2.05) is 50.3 Å². The smallest absolute Gasteiger partial charge is 0.228 e. The molecule has 3 nitrogen and oxygen atoms in total. The predicted octanol–water partition coefficient (Wildman–Crippen LogP) is 5.55. The molecule has 0 saturated heterocycles. The summed E-state index contributed by atoms with van der Waals surface area (Å²) in [4.78, 5) is 16.6. The van der Waals surface area contributed by atoms with Gasteiger partial charge in [0.15, 0.2) is 0 Å². The van der Waals surface area contributed by atoms with Crippen LogP contribution in [-0.4, -0.2) is 12.1 Å². The van der Waals surface area contributed by atoms with Crippen molar-refractivity contribution in [3.8, 4) is 0 Å². The van der Waals surface area contributed by atoms with Gasteiger partial charge >= 0.3 is 0 Å². The van der Waals surface area contributed by atoms with Crippen LogP contribution >= 0.6 is 0 Å². The number of anilines is 1. The number of carbonyl (C=O) groups excluding carboxylic acids is 1. The van der Waals surface area contributed by atoms with E-state index in [0.29, 0.717) is 5.92 Å². The number of nitrogens with one attached hydrogen (secondary N) is 1. The minimum absolute atomic E-state index is 0.0330. The third kappa shape index (κ3) is 5.03. The van der Waals surface area contributed by atoms with Crippen LogP contribution in [0, 0.1) is 11.8 Å². The van der Waals surface area contributed by atoms with Crippen molar-refractivity contribution in [1.29, 1.82) is 0 Å². The highest BCUT2D eigenvalue weighted by Gasteiger charge is 2.44. The normalized spacial score (nSPS) is 20.0. The maximum absolute atomic E-state index is 12.6. The first kappa shape index (κ1) is 19.4. The molecule has 2 rings (SSSR count). The number of allylic oxidation sites excluding steroid dienone is 6. The average Bonchev–Trinajstić information content (AvgIpc) is 3.45. The lowest BCUT2D eigenvalue weighted by molar-refractivity contribution is -0.117. The Morgan fingerprint density at radius 1 is 1.19 bits per heavy atom. The van der Waals surface area contributed by atoms with Crippen LogP contribution in [0.5, 0.6) is 0 Å². The summed E-state index contributed by atoms with van der Waals surface area (Å²) < 4.78 is 0. The molecule has 1 aliphatic carbocycles. The highest BCUT2D eigenvalue weighted by atomic mass is 16.2. The van der Waals surface area contributed by atoms with E-state index in [9.17, 15) is 4.79 Å². The molecule has 1 aliphatic rings. The van der Waals surface area contributed by atoms with Gasteiger partial charge in [0.05, 0.1) is 0 Å². The Labute approximate surface area is 156 Å². The molecule has 0 bridgehead atoms. The molecule has 1 N–H and O–H groups in total. The number of hydrogen-bond acceptors (Lipinski definition) is 2. The van der Waals surface area contributed by atoms with Crippen molar-refractivity contribution in [3.05, 3.63) is 84.6 Å². The summed E-state index contributed by atoms with van der Waals surface area (Å²) in [6.45, 7) is 11.4. The number of hydrogen-bond donors (Lipinski definition) is 1. The summed E-state index contributed by atoms with van der Waals surface area (Å²) in [6.07, 6.45) is 16.0. The largest absolute Gasteiger partial charge is 0.326 e. The maximum Gasteiger partial charge on any atom is 0.228 e. The van der Waals surface area contributed by atoms with Crippen molar-refractivity contribution in [2.45, 2.75) is 20.3 Å². The van der Waals surface area contributed by atoms with Crippen LogP contribution in [0.15, 0.2) is 78.5 Å². The fraction of sp³-hybridized carbons (Fsp3) is 0.217. The van der Waals surface area contributed by atoms with Crippen LogP contribution in [0.2, 0.25) is 0 Å². The molecule has 0 radical (unpaired) electrons. The van der Waals surface area contributed by atoms with E-state index in [1.165, 1.54) is 11.8 Å². The van der Waals surface area contributed by atoms with Crippen molar-refractivity contribution in [1.82, 2.24) is 0 Å². The van der Waals surface area contributed by atoms with Gasteiger partial charge in [-0.1, -0.05) is 55.7 Å². The Bertz CT molecular complexity index is 796. The van der Waals surface area contributed by atoms with Gasteiger partial charge in [-0.2, -0.15) is 0 Å². The number of amides is 1. The molecule has 3 heteroatoms. The second kappa shape index (κ2) is 9.52. The fourth-order valence-electron chi connectivity index (χ4n) is 2.88. The van der Waals surface area contributed by atoms with E-state index in [1.54, 1.807) is 12.3 Å². The van der Waals surface area contributed by atoms with Gasteiger partial charge in [-0.15, -0.1) is 0 Å². The van der Waals surface area contributed by atoms with E-state index in [0.717, 1.165) is 23.2 Å². The van der Waals surface area contributed by atoms with Gasteiger partial charge in [0, 0.05) is 29.6 Å². The van der Waals surface area contributed by atoms with Crippen LogP contribution < -0.4 is 5.32 Å². The van der Waals surface area contributed by atoms with Crippen molar-refractivity contribution in [2.75, 3.05) is 5.32 Å². The third-order valence-corrected chi connectivity index (χ3v) is 4.37. The zero-order valence-corrected chi connectivity index (χ0v) is 15.5. The SMILES string of the molecule is C=C/N=C\c1ccc(NC(=O)[C@@H]2C[C@H]2C(/C=C\C=C/C)=C/C)cc1C=C. The average molecular weight is 346 g/mol. The molecule has 1 saturated carbocycles. The van der Waals surface area contributed by atoms with Crippen LogP contribution in [0.25, 0.3) is 6.08 Å².